The van der Waals surface area contributed by atoms with Gasteiger partial charge in [0.2, 0.25) is 5.91 Å². The quantitative estimate of drug-likeness (QED) is 0.883. The number of amides is 2. The zero-order valence-corrected chi connectivity index (χ0v) is 13.8. The summed E-state index contributed by atoms with van der Waals surface area (Å²) < 4.78 is 25.4. The molecule has 8 heteroatoms. The molecule has 1 fully saturated rings. The van der Waals surface area contributed by atoms with Crippen LogP contribution in [0, 0.1) is 11.3 Å². The summed E-state index contributed by atoms with van der Waals surface area (Å²) in [5.74, 6) is -1.35. The Bertz CT molecular complexity index is 835. The molecule has 0 saturated heterocycles. The van der Waals surface area contributed by atoms with Crippen molar-refractivity contribution in [2.24, 2.45) is 0 Å². The third-order valence-corrected chi connectivity index (χ3v) is 6.29. The van der Waals surface area contributed by atoms with E-state index in [1.807, 2.05) is 0 Å². The fourth-order valence-electron chi connectivity index (χ4n) is 3.24. The van der Waals surface area contributed by atoms with E-state index in [1.165, 1.54) is 18.2 Å². The van der Waals surface area contributed by atoms with Crippen LogP contribution in [0.3, 0.4) is 0 Å². The topological polar surface area (TPSA) is 107 Å². The highest BCUT2D eigenvalue weighted by atomic mass is 32.2. The number of fused-ring (bicyclic) bond motifs is 1. The van der Waals surface area contributed by atoms with Gasteiger partial charge in [-0.1, -0.05) is 31.4 Å². The van der Waals surface area contributed by atoms with E-state index in [0.717, 1.165) is 19.3 Å². The Hall–Kier alpha value is -2.40. The third-order valence-electron chi connectivity index (χ3n) is 4.50. The number of carbonyl (C=O) groups is 2. The molecule has 0 bridgehead atoms. The Kier molecular flexibility index (Phi) is 4.05. The van der Waals surface area contributed by atoms with Gasteiger partial charge in [-0.05, 0) is 25.0 Å². The van der Waals surface area contributed by atoms with Crippen molar-refractivity contribution in [1.29, 1.82) is 5.26 Å². The van der Waals surface area contributed by atoms with Crippen LogP contribution >= 0.6 is 0 Å². The summed E-state index contributed by atoms with van der Waals surface area (Å²) in [6.07, 6.45) is 3.75. The highest BCUT2D eigenvalue weighted by Crippen LogP contribution is 2.30. The summed E-state index contributed by atoms with van der Waals surface area (Å²) in [5, 5.41) is 12.0. The van der Waals surface area contributed by atoms with Crippen molar-refractivity contribution in [3.63, 3.8) is 0 Å². The molecule has 1 aliphatic carbocycles. The van der Waals surface area contributed by atoms with Gasteiger partial charge in [0.25, 0.3) is 15.9 Å². The molecule has 0 atom stereocenters. The first-order valence-corrected chi connectivity index (χ1v) is 9.22. The van der Waals surface area contributed by atoms with Crippen LogP contribution < -0.4 is 5.32 Å². The van der Waals surface area contributed by atoms with E-state index in [4.69, 9.17) is 0 Å². The molecule has 0 aromatic heterocycles. The lowest BCUT2D eigenvalue weighted by Gasteiger charge is -2.32. The van der Waals surface area contributed by atoms with Crippen molar-refractivity contribution in [1.82, 2.24) is 9.62 Å². The second-order valence-electron chi connectivity index (χ2n) is 6.12. The second-order valence-corrected chi connectivity index (χ2v) is 7.95. The Morgan fingerprint density at radius 2 is 1.92 bits per heavy atom. The van der Waals surface area contributed by atoms with Gasteiger partial charge < -0.3 is 5.32 Å². The first kappa shape index (κ1) is 16.5. The molecule has 126 valence electrons. The summed E-state index contributed by atoms with van der Waals surface area (Å²) >= 11 is 0. The number of rotatable bonds is 3. The normalized spacial score (nSPS) is 21.0. The van der Waals surface area contributed by atoms with Gasteiger partial charge in [0.15, 0.2) is 0 Å². The van der Waals surface area contributed by atoms with Crippen molar-refractivity contribution in [2.75, 3.05) is 6.54 Å². The zero-order chi connectivity index (χ0) is 17.4. The number of nitriles is 1. The Morgan fingerprint density at radius 3 is 2.54 bits per heavy atom. The van der Waals surface area contributed by atoms with E-state index in [-0.39, 0.29) is 10.5 Å². The molecular weight excluding hydrogens is 330 g/mol. The van der Waals surface area contributed by atoms with Crippen molar-refractivity contribution in [3.05, 3.63) is 29.8 Å². The minimum Gasteiger partial charge on any atom is -0.336 e. The van der Waals surface area contributed by atoms with Gasteiger partial charge in [-0.2, -0.15) is 5.26 Å². The molecule has 1 N–H and O–H groups in total. The van der Waals surface area contributed by atoms with Crippen LogP contribution in [0.2, 0.25) is 0 Å². The molecule has 0 radical (unpaired) electrons. The molecule has 1 aromatic carbocycles. The molecule has 1 aromatic rings. The van der Waals surface area contributed by atoms with Crippen molar-refractivity contribution < 1.29 is 18.0 Å². The average molecular weight is 347 g/mol. The van der Waals surface area contributed by atoms with E-state index in [9.17, 15) is 23.3 Å². The summed E-state index contributed by atoms with van der Waals surface area (Å²) in [7, 11) is -4.02. The van der Waals surface area contributed by atoms with Crippen molar-refractivity contribution in [2.45, 2.75) is 42.5 Å². The molecule has 1 aliphatic heterocycles. The standard InChI is InChI=1S/C16H17N3O4S/c17-11-16(8-4-1-5-9-16)18-14(20)10-19-15(21)12-6-2-3-7-13(12)24(19,22)23/h2-3,6-7H,1,4-5,8-10H2,(H,18,20). The Labute approximate surface area is 140 Å². The smallest absolute Gasteiger partial charge is 0.269 e. The monoisotopic (exact) mass is 347 g/mol. The highest BCUT2D eigenvalue weighted by molar-refractivity contribution is 7.90. The van der Waals surface area contributed by atoms with Gasteiger partial charge in [0, 0.05) is 0 Å². The molecule has 2 aliphatic rings. The van der Waals surface area contributed by atoms with Crippen LogP contribution in [0.25, 0.3) is 0 Å². The van der Waals surface area contributed by atoms with Gasteiger partial charge >= 0.3 is 0 Å². The van der Waals surface area contributed by atoms with E-state index >= 15 is 0 Å². The molecular formula is C16H17N3O4S. The number of nitrogens with one attached hydrogen (secondary N) is 1. The zero-order valence-electron chi connectivity index (χ0n) is 13.0. The van der Waals surface area contributed by atoms with E-state index in [1.54, 1.807) is 6.07 Å². The van der Waals surface area contributed by atoms with Crippen LogP contribution in [0.15, 0.2) is 29.2 Å². The number of nitrogens with zero attached hydrogens (tertiary/aromatic N) is 2. The summed E-state index contributed by atoms with van der Waals surface area (Å²) in [6.45, 7) is -0.612. The molecule has 1 heterocycles. The summed E-state index contributed by atoms with van der Waals surface area (Å²) in [6, 6.07) is 8.00. The maximum Gasteiger partial charge on any atom is 0.269 e. The number of benzene rings is 1. The second kappa shape index (κ2) is 5.91. The molecule has 24 heavy (non-hydrogen) atoms. The Morgan fingerprint density at radius 1 is 1.25 bits per heavy atom. The lowest BCUT2D eigenvalue weighted by atomic mass is 9.83. The van der Waals surface area contributed by atoms with Crippen LogP contribution in [-0.2, 0) is 14.8 Å². The minimum atomic E-state index is -4.02. The van der Waals surface area contributed by atoms with Crippen LogP contribution in [0.4, 0.5) is 0 Å². The number of carbonyl (C=O) groups excluding carboxylic acids is 2. The van der Waals surface area contributed by atoms with Gasteiger partial charge in [-0.15, -0.1) is 0 Å². The van der Waals surface area contributed by atoms with Crippen LogP contribution in [0.1, 0.15) is 42.5 Å². The number of hydrogen-bond acceptors (Lipinski definition) is 5. The Balaban J connectivity index is 1.78. The molecule has 3 rings (SSSR count). The fourth-order valence-corrected chi connectivity index (χ4v) is 4.77. The third kappa shape index (κ3) is 2.65. The molecule has 0 unspecified atom stereocenters. The predicted octanol–water partition coefficient (Wildman–Crippen LogP) is 1.17. The summed E-state index contributed by atoms with van der Waals surface area (Å²) in [5.41, 5.74) is -0.896. The number of sulfonamides is 1. The minimum absolute atomic E-state index is 0.0676. The maximum absolute atomic E-state index is 12.4. The molecule has 0 spiro atoms. The molecule has 1 saturated carbocycles. The fraction of sp³-hybridized carbons (Fsp3) is 0.438. The van der Waals surface area contributed by atoms with Crippen molar-refractivity contribution in [3.8, 4) is 6.07 Å². The number of hydrogen-bond donors (Lipinski definition) is 1. The van der Waals surface area contributed by atoms with E-state index in [2.05, 4.69) is 11.4 Å². The highest BCUT2D eigenvalue weighted by Gasteiger charge is 2.43. The van der Waals surface area contributed by atoms with Gasteiger partial charge in [-0.25, -0.2) is 12.7 Å². The van der Waals surface area contributed by atoms with E-state index < -0.39 is 33.9 Å². The SMILES string of the molecule is N#CC1(NC(=O)CN2C(=O)c3ccccc3S2(=O)=O)CCCCC1. The average Bonchev–Trinajstić information content (AvgIpc) is 2.77. The first-order chi connectivity index (χ1) is 11.4. The lowest BCUT2D eigenvalue weighted by Crippen LogP contribution is -2.52. The van der Waals surface area contributed by atoms with Gasteiger partial charge in [0.05, 0.1) is 11.6 Å². The largest absolute Gasteiger partial charge is 0.336 e. The van der Waals surface area contributed by atoms with E-state index in [0.29, 0.717) is 17.1 Å². The lowest BCUT2D eigenvalue weighted by molar-refractivity contribution is -0.122. The summed E-state index contributed by atoms with van der Waals surface area (Å²) in [4.78, 5) is 24.5. The molecule has 2 amide bonds. The maximum atomic E-state index is 12.4. The molecule has 7 nitrogen and oxygen atoms in total. The van der Waals surface area contributed by atoms with Crippen LogP contribution in [0.5, 0.6) is 0 Å². The first-order valence-electron chi connectivity index (χ1n) is 7.78. The predicted molar refractivity (Wildman–Crippen MR) is 84.2 cm³/mol. The van der Waals surface area contributed by atoms with Gasteiger partial charge in [-0.3, -0.25) is 9.59 Å². The van der Waals surface area contributed by atoms with Crippen LogP contribution in [-0.4, -0.2) is 36.6 Å². The van der Waals surface area contributed by atoms with Crippen molar-refractivity contribution >= 4 is 21.8 Å². The van der Waals surface area contributed by atoms with Gasteiger partial charge in [0.1, 0.15) is 17.0 Å².